The highest BCUT2D eigenvalue weighted by atomic mass is 35.5. The maximum Gasteiger partial charge on any atom is 0.416 e. The number of fused-ring (bicyclic) bond motifs is 1. The van der Waals surface area contributed by atoms with Crippen LogP contribution in [0.4, 0.5) is 13.2 Å². The fourth-order valence-corrected chi connectivity index (χ4v) is 5.06. The zero-order chi connectivity index (χ0) is 23.2. The second kappa shape index (κ2) is 10.2. The van der Waals surface area contributed by atoms with Gasteiger partial charge in [0.15, 0.2) is 0 Å². The van der Waals surface area contributed by atoms with Crippen LogP contribution in [0.15, 0.2) is 64.6 Å². The van der Waals surface area contributed by atoms with Gasteiger partial charge in [-0.15, -0.1) is 24.8 Å². The highest BCUT2D eigenvalue weighted by molar-refractivity contribution is 5.85. The Hall–Kier alpha value is -2.62. The van der Waals surface area contributed by atoms with Crippen molar-refractivity contribution in [3.8, 4) is 11.1 Å². The molecule has 1 saturated carbocycles. The standard InChI is InChI=1S/C24H23F3N4O2.2ClH/c25-24(26,27)18-6-4-17(5-7-18)23-11-19(23)13-30(15-23)9-2-10-31-14-20(21(32)29-22(31)33)16-3-1-8-28-12-16;;/h1,3-8,12,14,19H,2,9-11,13,15H2,(H,29,32,33);2*1H/t19-,23+;;/m0../s1. The molecular formula is C24H25Cl2F3N4O2. The zero-order valence-electron chi connectivity index (χ0n) is 18.6. The molecule has 35 heavy (non-hydrogen) atoms. The molecule has 0 spiro atoms. The zero-order valence-corrected chi connectivity index (χ0v) is 20.3. The molecule has 11 heteroatoms. The molecule has 0 radical (unpaired) electrons. The summed E-state index contributed by atoms with van der Waals surface area (Å²) in [5, 5.41) is 0. The fraction of sp³-hybridized carbons (Fsp3) is 0.375. The summed E-state index contributed by atoms with van der Waals surface area (Å²) >= 11 is 0. The number of pyridine rings is 1. The number of nitrogens with zero attached hydrogens (tertiary/aromatic N) is 3. The van der Waals surface area contributed by atoms with Crippen LogP contribution < -0.4 is 11.2 Å². The third-order valence-corrected chi connectivity index (χ3v) is 6.86. The number of likely N-dealkylation sites (tertiary alicyclic amines) is 1. The molecule has 0 amide bonds. The summed E-state index contributed by atoms with van der Waals surface area (Å²) in [6, 6.07) is 9.08. The van der Waals surface area contributed by atoms with E-state index in [4.69, 9.17) is 0 Å². The van der Waals surface area contributed by atoms with Gasteiger partial charge in [0.1, 0.15) is 0 Å². The van der Waals surface area contributed by atoms with E-state index in [0.29, 0.717) is 30.0 Å². The summed E-state index contributed by atoms with van der Waals surface area (Å²) < 4.78 is 40.1. The number of alkyl halides is 3. The maximum absolute atomic E-state index is 12.9. The Morgan fingerprint density at radius 3 is 2.49 bits per heavy atom. The number of hydrogen-bond acceptors (Lipinski definition) is 4. The number of H-pyrrole nitrogens is 1. The Kier molecular flexibility index (Phi) is 7.83. The molecule has 3 aromatic rings. The second-order valence-electron chi connectivity index (χ2n) is 8.96. The van der Waals surface area contributed by atoms with Crippen LogP contribution in [0.5, 0.6) is 0 Å². The number of aromatic amines is 1. The van der Waals surface area contributed by atoms with Crippen molar-refractivity contribution in [2.24, 2.45) is 5.92 Å². The maximum atomic E-state index is 12.9. The Balaban J connectivity index is 0.00000171. The number of rotatable bonds is 6. The van der Waals surface area contributed by atoms with E-state index in [9.17, 15) is 22.8 Å². The average Bonchev–Trinajstić information content (AvgIpc) is 3.36. The lowest BCUT2D eigenvalue weighted by atomic mass is 9.94. The molecule has 3 heterocycles. The summed E-state index contributed by atoms with van der Waals surface area (Å²) in [4.78, 5) is 33.1. The van der Waals surface area contributed by atoms with Gasteiger partial charge in [-0.3, -0.25) is 19.3 Å². The molecule has 1 aromatic carbocycles. The van der Waals surface area contributed by atoms with Gasteiger partial charge in [-0.2, -0.15) is 13.2 Å². The van der Waals surface area contributed by atoms with Gasteiger partial charge in [0.05, 0.1) is 11.1 Å². The van der Waals surface area contributed by atoms with Crippen LogP contribution in [0.1, 0.15) is 24.0 Å². The minimum atomic E-state index is -4.32. The van der Waals surface area contributed by atoms with E-state index in [0.717, 1.165) is 31.6 Å². The van der Waals surface area contributed by atoms with Gasteiger partial charge >= 0.3 is 11.9 Å². The number of aromatic nitrogens is 3. The topological polar surface area (TPSA) is 71.0 Å². The van der Waals surface area contributed by atoms with E-state index >= 15 is 0 Å². The lowest BCUT2D eigenvalue weighted by Crippen LogP contribution is -2.32. The minimum absolute atomic E-state index is 0. The van der Waals surface area contributed by atoms with Crippen molar-refractivity contribution in [3.05, 3.63) is 87.0 Å². The van der Waals surface area contributed by atoms with Crippen LogP contribution in [0, 0.1) is 5.92 Å². The van der Waals surface area contributed by atoms with E-state index in [1.54, 1.807) is 42.9 Å². The lowest BCUT2D eigenvalue weighted by Gasteiger charge is -2.21. The summed E-state index contributed by atoms with van der Waals surface area (Å²) in [6.07, 6.45) is 2.17. The Morgan fingerprint density at radius 1 is 1.09 bits per heavy atom. The van der Waals surface area contributed by atoms with E-state index in [1.165, 1.54) is 16.7 Å². The Morgan fingerprint density at radius 2 is 1.83 bits per heavy atom. The smallest absolute Gasteiger partial charge is 0.302 e. The molecule has 2 aromatic heterocycles. The first-order valence-corrected chi connectivity index (χ1v) is 10.9. The SMILES string of the molecule is Cl.Cl.O=c1[nH]c(=O)n(CCCN2C[C@@H]3C[C@]3(c3ccc(C(F)(F)F)cc3)C2)cc1-c1cccnc1. The molecule has 1 N–H and O–H groups in total. The van der Waals surface area contributed by atoms with Crippen LogP contribution in [-0.4, -0.2) is 39.1 Å². The first kappa shape index (κ1) is 27.0. The predicted molar refractivity (Wildman–Crippen MR) is 131 cm³/mol. The average molecular weight is 529 g/mol. The molecule has 6 nitrogen and oxygen atoms in total. The van der Waals surface area contributed by atoms with Crippen LogP contribution in [0.3, 0.4) is 0 Å². The van der Waals surface area contributed by atoms with Crippen LogP contribution in [0.25, 0.3) is 11.1 Å². The van der Waals surface area contributed by atoms with Crippen LogP contribution >= 0.6 is 24.8 Å². The molecule has 1 aliphatic carbocycles. The Bertz CT molecular complexity index is 1280. The van der Waals surface area contributed by atoms with E-state index < -0.39 is 23.0 Å². The second-order valence-corrected chi connectivity index (χ2v) is 8.96. The number of piperidine rings is 1. The normalized spacial score (nSPS) is 21.1. The van der Waals surface area contributed by atoms with E-state index in [1.807, 2.05) is 0 Å². The Labute approximate surface area is 212 Å². The third kappa shape index (κ3) is 5.32. The lowest BCUT2D eigenvalue weighted by molar-refractivity contribution is -0.137. The first-order chi connectivity index (χ1) is 15.8. The van der Waals surface area contributed by atoms with Crippen molar-refractivity contribution in [3.63, 3.8) is 0 Å². The van der Waals surface area contributed by atoms with Gasteiger partial charge in [-0.05, 0) is 49.1 Å². The van der Waals surface area contributed by atoms with Crippen molar-refractivity contribution in [2.75, 3.05) is 19.6 Å². The molecule has 2 aliphatic rings. The molecule has 5 rings (SSSR count). The van der Waals surface area contributed by atoms with Crippen molar-refractivity contribution >= 4 is 24.8 Å². The van der Waals surface area contributed by atoms with Crippen molar-refractivity contribution in [1.29, 1.82) is 0 Å². The number of nitrogens with one attached hydrogen (secondary N) is 1. The highest BCUT2D eigenvalue weighted by Gasteiger charge is 2.60. The molecule has 0 unspecified atom stereocenters. The summed E-state index contributed by atoms with van der Waals surface area (Å²) in [5.74, 6) is 0.460. The number of aryl methyl sites for hydroxylation is 1. The van der Waals surface area contributed by atoms with Gasteiger partial charge in [0, 0.05) is 49.2 Å². The van der Waals surface area contributed by atoms with Crippen molar-refractivity contribution in [1.82, 2.24) is 19.4 Å². The van der Waals surface area contributed by atoms with Crippen molar-refractivity contribution in [2.45, 2.75) is 31.0 Å². The quantitative estimate of drug-likeness (QED) is 0.522. The predicted octanol–water partition coefficient (Wildman–Crippen LogP) is 4.12. The summed E-state index contributed by atoms with van der Waals surface area (Å²) in [6.45, 7) is 2.94. The molecule has 2 atom stereocenters. The number of hydrogen-bond donors (Lipinski definition) is 1. The largest absolute Gasteiger partial charge is 0.416 e. The van der Waals surface area contributed by atoms with E-state index in [2.05, 4.69) is 14.9 Å². The third-order valence-electron chi connectivity index (χ3n) is 6.86. The van der Waals surface area contributed by atoms with Gasteiger partial charge in [0.2, 0.25) is 0 Å². The first-order valence-electron chi connectivity index (χ1n) is 10.9. The highest BCUT2D eigenvalue weighted by Crippen LogP contribution is 2.59. The van der Waals surface area contributed by atoms with E-state index in [-0.39, 0.29) is 30.2 Å². The fourth-order valence-electron chi connectivity index (χ4n) is 5.06. The van der Waals surface area contributed by atoms with Crippen LogP contribution in [-0.2, 0) is 18.1 Å². The monoisotopic (exact) mass is 528 g/mol. The molecule has 0 bridgehead atoms. The van der Waals surface area contributed by atoms with Gasteiger partial charge in [-0.1, -0.05) is 18.2 Å². The molecule has 2 fully saturated rings. The summed E-state index contributed by atoms with van der Waals surface area (Å²) in [7, 11) is 0. The molecule has 188 valence electrons. The minimum Gasteiger partial charge on any atom is -0.302 e. The number of benzene rings is 1. The van der Waals surface area contributed by atoms with Crippen LogP contribution in [0.2, 0.25) is 0 Å². The van der Waals surface area contributed by atoms with Crippen molar-refractivity contribution < 1.29 is 13.2 Å². The number of halogens is 5. The molecule has 1 aliphatic heterocycles. The van der Waals surface area contributed by atoms with Gasteiger partial charge < -0.3 is 4.90 Å². The summed E-state index contributed by atoms with van der Waals surface area (Å²) in [5.41, 5.74) is 0.456. The van der Waals surface area contributed by atoms with Gasteiger partial charge in [0.25, 0.3) is 5.56 Å². The molecule has 1 saturated heterocycles. The molecular weight excluding hydrogens is 504 g/mol. The van der Waals surface area contributed by atoms with Gasteiger partial charge in [-0.25, -0.2) is 4.79 Å².